The maximum Gasteiger partial charge on any atom is 0.0951 e. The van der Waals surface area contributed by atoms with Crippen LogP contribution in [-0.4, -0.2) is 9.97 Å². The molecule has 4 aromatic rings. The summed E-state index contributed by atoms with van der Waals surface area (Å²) in [5.41, 5.74) is 17.6. The summed E-state index contributed by atoms with van der Waals surface area (Å²) in [6.45, 7) is 0. The van der Waals surface area contributed by atoms with Gasteiger partial charge in [0.1, 0.15) is 0 Å². The second-order valence-electron chi connectivity index (χ2n) is 4.79. The first-order valence-corrected chi connectivity index (χ1v) is 6.86. The van der Waals surface area contributed by atoms with E-state index in [-0.39, 0.29) is 0 Å². The lowest BCUT2D eigenvalue weighted by molar-refractivity contribution is 1.38. The molecule has 0 aliphatic rings. The second kappa shape index (κ2) is 6.10. The number of fused-ring (bicyclic) bond motifs is 2. The molecule has 2 heterocycles. The number of nitrogens with zero attached hydrogens (tertiary/aromatic N) is 2. The lowest BCUT2D eigenvalue weighted by atomic mass is 10.2. The average molecular weight is 286 g/mol. The lowest BCUT2D eigenvalue weighted by Gasteiger charge is -1.96. The third-order valence-electron chi connectivity index (χ3n) is 3.24. The van der Waals surface area contributed by atoms with Gasteiger partial charge >= 0.3 is 0 Å². The molecule has 0 aliphatic carbocycles. The molecule has 22 heavy (non-hydrogen) atoms. The number of hydrogen-bond donors (Lipinski definition) is 0. The van der Waals surface area contributed by atoms with Gasteiger partial charge in [0.2, 0.25) is 0 Å². The van der Waals surface area contributed by atoms with E-state index in [1.807, 2.05) is 48.5 Å². The van der Waals surface area contributed by atoms with Gasteiger partial charge in [-0.1, -0.05) is 24.3 Å². The summed E-state index contributed by atoms with van der Waals surface area (Å²) in [5.74, 6) is 0. The quantitative estimate of drug-likeness (QED) is 0.483. The third kappa shape index (κ3) is 2.96. The molecule has 106 valence electrons. The fraction of sp³-hybridized carbons (Fsp3) is 0. The van der Waals surface area contributed by atoms with Crippen LogP contribution in [0.25, 0.3) is 21.8 Å². The smallest absolute Gasteiger partial charge is 0.0951 e. The van der Waals surface area contributed by atoms with Crippen molar-refractivity contribution in [3.63, 3.8) is 0 Å². The zero-order valence-corrected chi connectivity index (χ0v) is 11.8. The molecule has 0 amide bonds. The zero-order valence-electron chi connectivity index (χ0n) is 11.8. The standard InChI is InChI=1S/2C9H7N2/c10-8-5-1-3-7-4-2-6-11-9(7)8;10-8-3-4-9-7(6-8)2-1-5-11-9/h2*1-6,10H. The number of nitrogens with one attached hydrogen (secondary N) is 2. The summed E-state index contributed by atoms with van der Waals surface area (Å²) in [4.78, 5) is 8.23. The minimum atomic E-state index is 0.489. The van der Waals surface area contributed by atoms with Crippen molar-refractivity contribution in [2.45, 2.75) is 0 Å². The summed E-state index contributed by atoms with van der Waals surface area (Å²) in [5, 5.41) is 2.06. The molecule has 0 fully saturated rings. The molecule has 0 saturated carbocycles. The Morgan fingerprint density at radius 1 is 0.682 bits per heavy atom. The predicted octanol–water partition coefficient (Wildman–Crippen LogP) is 4.30. The molecule has 2 aromatic carbocycles. The molecule has 0 aliphatic heterocycles. The van der Waals surface area contributed by atoms with Crippen LogP contribution in [-0.2, 0) is 0 Å². The van der Waals surface area contributed by atoms with Crippen LogP contribution in [0.5, 0.6) is 0 Å². The van der Waals surface area contributed by atoms with Crippen LogP contribution in [0.1, 0.15) is 0 Å². The SMILES string of the molecule is [NH]c1ccc2ncccc2c1.[NH]c1cccc2cccnc12. The van der Waals surface area contributed by atoms with Gasteiger partial charge in [-0.05, 0) is 36.4 Å². The highest BCUT2D eigenvalue weighted by molar-refractivity contribution is 5.87. The van der Waals surface area contributed by atoms with E-state index in [1.54, 1.807) is 24.5 Å². The molecular weight excluding hydrogens is 272 g/mol. The van der Waals surface area contributed by atoms with Crippen molar-refractivity contribution >= 4 is 33.2 Å². The monoisotopic (exact) mass is 286 g/mol. The molecule has 0 atom stereocenters. The predicted molar refractivity (Wildman–Crippen MR) is 89.0 cm³/mol. The van der Waals surface area contributed by atoms with Gasteiger partial charge in [-0.2, -0.15) is 0 Å². The van der Waals surface area contributed by atoms with Gasteiger partial charge < -0.3 is 5.73 Å². The fourth-order valence-electron chi connectivity index (χ4n) is 2.18. The lowest BCUT2D eigenvalue weighted by Crippen LogP contribution is -1.78. The Hall–Kier alpha value is -3.14. The summed E-state index contributed by atoms with van der Waals surface area (Å²) in [7, 11) is 0. The van der Waals surface area contributed by atoms with Gasteiger partial charge in [0, 0.05) is 23.2 Å². The fourth-order valence-corrected chi connectivity index (χ4v) is 2.18. The molecule has 4 heteroatoms. The van der Waals surface area contributed by atoms with Crippen LogP contribution in [0, 0.1) is 0 Å². The van der Waals surface area contributed by atoms with Gasteiger partial charge in [0.25, 0.3) is 0 Å². The van der Waals surface area contributed by atoms with Gasteiger partial charge in [-0.3, -0.25) is 15.7 Å². The van der Waals surface area contributed by atoms with Crippen LogP contribution >= 0.6 is 0 Å². The Bertz CT molecular complexity index is 907. The topological polar surface area (TPSA) is 73.4 Å². The highest BCUT2D eigenvalue weighted by atomic mass is 14.7. The van der Waals surface area contributed by atoms with Crippen molar-refractivity contribution < 1.29 is 0 Å². The summed E-state index contributed by atoms with van der Waals surface area (Å²) in [6, 6.07) is 18.7. The molecule has 4 rings (SSSR count). The Labute approximate surface area is 128 Å². The molecule has 0 bridgehead atoms. The zero-order chi connectivity index (χ0) is 15.4. The van der Waals surface area contributed by atoms with Crippen LogP contribution in [0.3, 0.4) is 0 Å². The Kier molecular flexibility index (Phi) is 3.83. The van der Waals surface area contributed by atoms with Crippen molar-refractivity contribution in [2.75, 3.05) is 0 Å². The molecule has 2 radical (unpaired) electrons. The third-order valence-corrected chi connectivity index (χ3v) is 3.24. The van der Waals surface area contributed by atoms with Crippen LogP contribution in [0.4, 0.5) is 11.4 Å². The normalized spacial score (nSPS) is 10.2. The van der Waals surface area contributed by atoms with Gasteiger partial charge in [0.15, 0.2) is 0 Å². The number of hydrogen-bond acceptors (Lipinski definition) is 2. The van der Waals surface area contributed by atoms with E-state index >= 15 is 0 Å². The molecule has 0 spiro atoms. The first-order valence-electron chi connectivity index (χ1n) is 6.86. The highest BCUT2D eigenvalue weighted by Gasteiger charge is 1.95. The Morgan fingerprint density at radius 3 is 2.23 bits per heavy atom. The van der Waals surface area contributed by atoms with E-state index in [2.05, 4.69) is 9.97 Å². The largest absolute Gasteiger partial charge is 0.301 e. The molecule has 4 nitrogen and oxygen atoms in total. The van der Waals surface area contributed by atoms with E-state index in [0.29, 0.717) is 11.4 Å². The summed E-state index contributed by atoms with van der Waals surface area (Å²) >= 11 is 0. The maximum absolute atomic E-state index is 7.50. The number of rotatable bonds is 0. The van der Waals surface area contributed by atoms with Crippen molar-refractivity contribution in [1.82, 2.24) is 21.4 Å². The Morgan fingerprint density at radius 2 is 1.41 bits per heavy atom. The van der Waals surface area contributed by atoms with E-state index in [9.17, 15) is 0 Å². The van der Waals surface area contributed by atoms with Crippen molar-refractivity contribution in [3.8, 4) is 0 Å². The number of aromatic nitrogens is 2. The summed E-state index contributed by atoms with van der Waals surface area (Å²) < 4.78 is 0. The van der Waals surface area contributed by atoms with Crippen LogP contribution in [0.15, 0.2) is 73.1 Å². The van der Waals surface area contributed by atoms with Gasteiger partial charge in [-0.25, -0.2) is 0 Å². The molecule has 0 unspecified atom stereocenters. The number of pyridine rings is 2. The number of para-hydroxylation sites is 1. The van der Waals surface area contributed by atoms with Crippen LogP contribution < -0.4 is 11.5 Å². The Balaban J connectivity index is 0.000000131. The minimum absolute atomic E-state index is 0.489. The molecule has 2 aromatic heterocycles. The minimum Gasteiger partial charge on any atom is -0.301 e. The van der Waals surface area contributed by atoms with Gasteiger partial charge in [0.05, 0.1) is 22.4 Å². The van der Waals surface area contributed by atoms with E-state index < -0.39 is 0 Å². The first-order chi connectivity index (χ1) is 10.7. The van der Waals surface area contributed by atoms with Crippen LogP contribution in [0.2, 0.25) is 0 Å². The van der Waals surface area contributed by atoms with Crippen molar-refractivity contribution in [3.05, 3.63) is 73.1 Å². The molecule has 0 saturated heterocycles. The average Bonchev–Trinajstić information content (AvgIpc) is 2.56. The van der Waals surface area contributed by atoms with E-state index in [4.69, 9.17) is 11.5 Å². The highest BCUT2D eigenvalue weighted by Crippen LogP contribution is 2.18. The van der Waals surface area contributed by atoms with Crippen molar-refractivity contribution in [2.24, 2.45) is 0 Å². The van der Waals surface area contributed by atoms with E-state index in [0.717, 1.165) is 21.8 Å². The number of benzene rings is 2. The first kappa shape index (κ1) is 13.8. The summed E-state index contributed by atoms with van der Waals surface area (Å²) in [6.07, 6.45) is 3.46. The molecular formula is C18H14N4. The maximum atomic E-state index is 7.50. The van der Waals surface area contributed by atoms with E-state index in [1.165, 1.54) is 0 Å². The second-order valence-corrected chi connectivity index (χ2v) is 4.79. The van der Waals surface area contributed by atoms with Crippen molar-refractivity contribution in [1.29, 1.82) is 0 Å². The molecule has 2 N–H and O–H groups in total. The van der Waals surface area contributed by atoms with Gasteiger partial charge in [-0.15, -0.1) is 0 Å².